The van der Waals surface area contributed by atoms with Crippen molar-refractivity contribution >= 4 is 23.2 Å². The normalized spacial score (nSPS) is 19.8. The summed E-state index contributed by atoms with van der Waals surface area (Å²) in [5, 5.41) is 2.83. The van der Waals surface area contributed by atoms with Crippen LogP contribution in [0.15, 0.2) is 29.6 Å². The van der Waals surface area contributed by atoms with Crippen LogP contribution in [0.5, 0.6) is 5.75 Å². The van der Waals surface area contributed by atoms with E-state index >= 15 is 0 Å². The van der Waals surface area contributed by atoms with Gasteiger partial charge in [-0.15, -0.1) is 24.5 Å². The Labute approximate surface area is 212 Å². The Kier molecular flexibility index (Phi) is 7.23. The minimum Gasteiger partial charge on any atom is -0.406 e. The zero-order valence-corrected chi connectivity index (χ0v) is 20.8. The minimum absolute atomic E-state index is 0.0671. The topological polar surface area (TPSA) is 62.7 Å². The van der Waals surface area contributed by atoms with Gasteiger partial charge in [-0.2, -0.15) is 0 Å². The average molecular weight is 522 g/mol. The van der Waals surface area contributed by atoms with Gasteiger partial charge in [-0.3, -0.25) is 9.59 Å². The van der Waals surface area contributed by atoms with Crippen LogP contribution in [0.3, 0.4) is 0 Å². The molecule has 6 nitrogen and oxygen atoms in total. The standard InChI is InChI=1S/C26H30F3N3O3S/c27-26(28,29)35-21-10-6-18(7-11-21)24(33)31-14-12-17(13-15-31)23-30-22(16-36-23)25(34)32(20-8-9-20)19-4-2-1-3-5-19/h6-7,10-11,16-17,19-20H,1-5,8-9,12-15H2. The summed E-state index contributed by atoms with van der Waals surface area (Å²) >= 11 is 1.52. The zero-order chi connectivity index (χ0) is 25.3. The Balaban J connectivity index is 1.17. The smallest absolute Gasteiger partial charge is 0.406 e. The maximum absolute atomic E-state index is 13.4. The van der Waals surface area contributed by atoms with Crippen molar-refractivity contribution < 1.29 is 27.5 Å². The molecule has 0 unspecified atom stereocenters. The van der Waals surface area contributed by atoms with Crippen molar-refractivity contribution in [1.82, 2.24) is 14.8 Å². The van der Waals surface area contributed by atoms with Crippen molar-refractivity contribution in [1.29, 1.82) is 0 Å². The second-order valence-electron chi connectivity index (χ2n) is 9.95. The number of carbonyl (C=O) groups excluding carboxylic acids is 2. The van der Waals surface area contributed by atoms with E-state index in [0.29, 0.717) is 36.4 Å². The number of halogens is 3. The number of thiazole rings is 1. The molecule has 0 radical (unpaired) electrons. The molecule has 0 bridgehead atoms. The van der Waals surface area contributed by atoms with Crippen molar-refractivity contribution in [3.63, 3.8) is 0 Å². The van der Waals surface area contributed by atoms with E-state index in [-0.39, 0.29) is 23.5 Å². The molecule has 1 aromatic heterocycles. The van der Waals surface area contributed by atoms with Gasteiger partial charge < -0.3 is 14.5 Å². The van der Waals surface area contributed by atoms with E-state index in [1.54, 1.807) is 4.90 Å². The summed E-state index contributed by atoms with van der Waals surface area (Å²) in [7, 11) is 0. The van der Waals surface area contributed by atoms with Crippen molar-refractivity contribution in [3.05, 3.63) is 45.9 Å². The molecule has 2 aliphatic carbocycles. The summed E-state index contributed by atoms with van der Waals surface area (Å²) in [5.41, 5.74) is 0.875. The molecule has 0 spiro atoms. The van der Waals surface area contributed by atoms with E-state index in [1.165, 1.54) is 42.7 Å². The number of alkyl halides is 3. The van der Waals surface area contributed by atoms with Crippen LogP contribution in [0, 0.1) is 0 Å². The largest absolute Gasteiger partial charge is 0.573 e. The molecule has 10 heteroatoms. The fourth-order valence-corrected chi connectivity index (χ4v) is 6.32. The first kappa shape index (κ1) is 25.0. The van der Waals surface area contributed by atoms with Gasteiger partial charge in [0, 0.05) is 42.0 Å². The maximum Gasteiger partial charge on any atom is 0.573 e. The van der Waals surface area contributed by atoms with Crippen LogP contribution in [0.25, 0.3) is 0 Å². The summed E-state index contributed by atoms with van der Waals surface area (Å²) in [6, 6.07) is 5.72. The molecule has 2 heterocycles. The van der Waals surface area contributed by atoms with Gasteiger partial charge in [0.25, 0.3) is 11.8 Å². The van der Waals surface area contributed by atoms with E-state index in [0.717, 1.165) is 55.7 Å². The predicted octanol–water partition coefficient (Wildman–Crippen LogP) is 6.00. The van der Waals surface area contributed by atoms with Gasteiger partial charge in [-0.05, 0) is 62.8 Å². The lowest BCUT2D eigenvalue weighted by molar-refractivity contribution is -0.274. The van der Waals surface area contributed by atoms with Crippen LogP contribution in [0.4, 0.5) is 13.2 Å². The molecule has 1 aliphatic heterocycles. The number of nitrogens with zero attached hydrogens (tertiary/aromatic N) is 3. The van der Waals surface area contributed by atoms with Gasteiger partial charge in [0.15, 0.2) is 0 Å². The Bertz CT molecular complexity index is 1070. The molecule has 3 aliphatic rings. The number of benzene rings is 1. The van der Waals surface area contributed by atoms with E-state index in [4.69, 9.17) is 4.98 Å². The second kappa shape index (κ2) is 10.4. The summed E-state index contributed by atoms with van der Waals surface area (Å²) < 4.78 is 40.9. The van der Waals surface area contributed by atoms with Crippen molar-refractivity contribution in [2.24, 2.45) is 0 Å². The fourth-order valence-electron chi connectivity index (χ4n) is 5.36. The molecule has 2 amide bonds. The average Bonchev–Trinajstić information content (AvgIpc) is 3.58. The van der Waals surface area contributed by atoms with Gasteiger partial charge in [0.1, 0.15) is 11.4 Å². The highest BCUT2D eigenvalue weighted by Gasteiger charge is 2.39. The maximum atomic E-state index is 13.4. The third kappa shape index (κ3) is 5.85. The zero-order valence-electron chi connectivity index (χ0n) is 20.0. The predicted molar refractivity (Wildman–Crippen MR) is 129 cm³/mol. The first-order chi connectivity index (χ1) is 17.3. The highest BCUT2D eigenvalue weighted by Crippen LogP contribution is 2.36. The van der Waals surface area contributed by atoms with Crippen molar-refractivity contribution in [2.45, 2.75) is 82.2 Å². The van der Waals surface area contributed by atoms with Crippen LogP contribution >= 0.6 is 11.3 Å². The van der Waals surface area contributed by atoms with E-state index in [9.17, 15) is 22.8 Å². The molecule has 2 saturated carbocycles. The van der Waals surface area contributed by atoms with Gasteiger partial charge in [-0.1, -0.05) is 19.3 Å². The second-order valence-corrected chi connectivity index (χ2v) is 10.8. The molecule has 36 heavy (non-hydrogen) atoms. The summed E-state index contributed by atoms with van der Waals surface area (Å²) in [5.74, 6) is -0.310. The number of rotatable bonds is 6. The monoisotopic (exact) mass is 521 g/mol. The van der Waals surface area contributed by atoms with Crippen LogP contribution in [-0.4, -0.2) is 58.1 Å². The minimum atomic E-state index is -4.76. The summed E-state index contributed by atoms with van der Waals surface area (Å²) in [6.45, 7) is 1.06. The lowest BCUT2D eigenvalue weighted by Gasteiger charge is -2.34. The van der Waals surface area contributed by atoms with Gasteiger partial charge >= 0.3 is 6.36 Å². The lowest BCUT2D eigenvalue weighted by Crippen LogP contribution is -2.43. The Morgan fingerprint density at radius 2 is 1.58 bits per heavy atom. The third-order valence-electron chi connectivity index (χ3n) is 7.35. The van der Waals surface area contributed by atoms with Crippen LogP contribution in [0.2, 0.25) is 0 Å². The number of hydrogen-bond donors (Lipinski definition) is 0. The molecule has 1 saturated heterocycles. The highest BCUT2D eigenvalue weighted by atomic mass is 32.1. The number of hydrogen-bond acceptors (Lipinski definition) is 5. The van der Waals surface area contributed by atoms with E-state index < -0.39 is 6.36 Å². The SMILES string of the molecule is O=C(c1ccc(OC(F)(F)F)cc1)N1CCC(c2nc(C(=O)N(C3CCCCC3)C3CC3)cs2)CC1. The molecule has 3 fully saturated rings. The number of likely N-dealkylation sites (tertiary alicyclic amines) is 1. The first-order valence-corrected chi connectivity index (χ1v) is 13.6. The van der Waals surface area contributed by atoms with Crippen LogP contribution in [-0.2, 0) is 0 Å². The Morgan fingerprint density at radius 1 is 0.944 bits per heavy atom. The van der Waals surface area contributed by atoms with Gasteiger partial charge in [0.05, 0.1) is 5.01 Å². The van der Waals surface area contributed by atoms with Crippen LogP contribution < -0.4 is 4.74 Å². The van der Waals surface area contributed by atoms with E-state index in [1.807, 2.05) is 5.38 Å². The Hall–Kier alpha value is -2.62. The number of piperidine rings is 1. The molecular weight excluding hydrogens is 491 g/mol. The molecule has 194 valence electrons. The van der Waals surface area contributed by atoms with Crippen molar-refractivity contribution in [3.8, 4) is 5.75 Å². The third-order valence-corrected chi connectivity index (χ3v) is 8.36. The number of carbonyl (C=O) groups is 2. The number of amides is 2. The molecule has 0 N–H and O–H groups in total. The van der Waals surface area contributed by atoms with Gasteiger partial charge in [0.2, 0.25) is 0 Å². The molecule has 1 aromatic carbocycles. The lowest BCUT2D eigenvalue weighted by atomic mass is 9.94. The number of ether oxygens (including phenoxy) is 1. The van der Waals surface area contributed by atoms with Gasteiger partial charge in [-0.25, -0.2) is 4.98 Å². The molecular formula is C26H30F3N3O3S. The highest BCUT2D eigenvalue weighted by molar-refractivity contribution is 7.09. The first-order valence-electron chi connectivity index (χ1n) is 12.7. The number of aromatic nitrogens is 1. The molecule has 0 atom stereocenters. The van der Waals surface area contributed by atoms with E-state index in [2.05, 4.69) is 9.64 Å². The molecule has 5 rings (SSSR count). The fraction of sp³-hybridized carbons (Fsp3) is 0.577. The Morgan fingerprint density at radius 3 is 2.19 bits per heavy atom. The van der Waals surface area contributed by atoms with Crippen LogP contribution in [0.1, 0.15) is 89.6 Å². The summed E-state index contributed by atoms with van der Waals surface area (Å²) in [4.78, 5) is 34.8. The van der Waals surface area contributed by atoms with Crippen molar-refractivity contribution in [2.75, 3.05) is 13.1 Å². The molecule has 2 aromatic rings. The summed E-state index contributed by atoms with van der Waals surface area (Å²) in [6.07, 6.45) is 4.68. The quantitative estimate of drug-likeness (QED) is 0.468.